The van der Waals surface area contributed by atoms with Crippen LogP contribution in [-0.4, -0.2) is 27.2 Å². The average Bonchev–Trinajstić information content (AvgIpc) is 2.01. The molecule has 0 amide bonds. The second-order valence-corrected chi connectivity index (χ2v) is 3.79. The van der Waals surface area contributed by atoms with E-state index in [-0.39, 0.29) is 0 Å². The molecule has 0 spiro atoms. The maximum atomic E-state index is 9.44. The number of aliphatic hydroxyl groups is 1. The Morgan fingerprint density at radius 1 is 1.57 bits per heavy atom. The van der Waals surface area contributed by atoms with E-state index in [0.717, 1.165) is 0 Å². The number of nitrogens with one attached hydrogen (secondary N) is 1. The highest BCUT2D eigenvalue weighted by Gasteiger charge is 2.11. The molecule has 4 N–H and O–H groups in total. The molecule has 0 aliphatic heterocycles. The first-order chi connectivity index (χ1) is 6.47. The Labute approximate surface area is 83.4 Å². The summed E-state index contributed by atoms with van der Waals surface area (Å²) in [6.45, 7) is 4.14. The summed E-state index contributed by atoms with van der Waals surface area (Å²) < 4.78 is 0. The summed E-state index contributed by atoms with van der Waals surface area (Å²) in [6, 6.07) is 1.63. The standard InChI is InChI=1S/C9H16N4O/c1-9(2,14)4-6-12-8-11-5-3-7(10)13-8/h3,5,14H,4,6H2,1-2H3,(H3,10,11,12,13). The van der Waals surface area contributed by atoms with Crippen molar-refractivity contribution in [3.05, 3.63) is 12.3 Å². The van der Waals surface area contributed by atoms with Gasteiger partial charge in [-0.15, -0.1) is 0 Å². The molecule has 0 saturated heterocycles. The number of anilines is 2. The van der Waals surface area contributed by atoms with Crippen LogP contribution in [0.5, 0.6) is 0 Å². The fraction of sp³-hybridized carbons (Fsp3) is 0.556. The van der Waals surface area contributed by atoms with Crippen molar-refractivity contribution >= 4 is 11.8 Å². The number of nitrogen functional groups attached to an aromatic ring is 1. The second-order valence-electron chi connectivity index (χ2n) is 3.79. The first-order valence-electron chi connectivity index (χ1n) is 4.52. The van der Waals surface area contributed by atoms with Gasteiger partial charge in [-0.3, -0.25) is 0 Å². The Balaban J connectivity index is 2.39. The molecule has 0 atom stereocenters. The van der Waals surface area contributed by atoms with Crippen LogP contribution in [-0.2, 0) is 0 Å². The number of rotatable bonds is 4. The molecule has 5 nitrogen and oxygen atoms in total. The predicted octanol–water partition coefficient (Wildman–Crippen LogP) is 0.632. The van der Waals surface area contributed by atoms with E-state index in [9.17, 15) is 5.11 Å². The van der Waals surface area contributed by atoms with E-state index in [0.29, 0.717) is 24.7 Å². The Kier molecular flexibility index (Phi) is 3.24. The topological polar surface area (TPSA) is 84.1 Å². The Morgan fingerprint density at radius 3 is 2.86 bits per heavy atom. The fourth-order valence-corrected chi connectivity index (χ4v) is 0.938. The number of aromatic nitrogens is 2. The van der Waals surface area contributed by atoms with Crippen LogP contribution in [0.1, 0.15) is 20.3 Å². The SMILES string of the molecule is CC(C)(O)CCNc1nccc(N)n1. The Morgan fingerprint density at radius 2 is 2.29 bits per heavy atom. The summed E-state index contributed by atoms with van der Waals surface area (Å²) in [4.78, 5) is 7.94. The van der Waals surface area contributed by atoms with Gasteiger partial charge in [0.15, 0.2) is 0 Å². The van der Waals surface area contributed by atoms with Gasteiger partial charge in [0, 0.05) is 12.7 Å². The molecule has 0 bridgehead atoms. The molecule has 0 aromatic carbocycles. The largest absolute Gasteiger partial charge is 0.390 e. The van der Waals surface area contributed by atoms with E-state index < -0.39 is 5.60 Å². The fourth-order valence-electron chi connectivity index (χ4n) is 0.938. The van der Waals surface area contributed by atoms with E-state index in [1.54, 1.807) is 26.1 Å². The van der Waals surface area contributed by atoms with Gasteiger partial charge in [0.05, 0.1) is 5.60 Å². The predicted molar refractivity (Wildman–Crippen MR) is 55.8 cm³/mol. The lowest BCUT2D eigenvalue weighted by molar-refractivity contribution is 0.0748. The Hall–Kier alpha value is -1.36. The zero-order valence-electron chi connectivity index (χ0n) is 8.49. The van der Waals surface area contributed by atoms with Gasteiger partial charge in [-0.1, -0.05) is 0 Å². The van der Waals surface area contributed by atoms with Crippen molar-refractivity contribution in [2.24, 2.45) is 0 Å². The summed E-state index contributed by atoms with van der Waals surface area (Å²) >= 11 is 0. The van der Waals surface area contributed by atoms with Gasteiger partial charge >= 0.3 is 0 Å². The number of hydrogen-bond acceptors (Lipinski definition) is 5. The van der Waals surface area contributed by atoms with E-state index >= 15 is 0 Å². The molecule has 14 heavy (non-hydrogen) atoms. The van der Waals surface area contributed by atoms with Gasteiger partial charge < -0.3 is 16.2 Å². The summed E-state index contributed by atoms with van der Waals surface area (Å²) in [5, 5.41) is 12.4. The molecule has 0 unspecified atom stereocenters. The van der Waals surface area contributed by atoms with Crippen molar-refractivity contribution in [1.82, 2.24) is 9.97 Å². The van der Waals surface area contributed by atoms with E-state index in [2.05, 4.69) is 15.3 Å². The third-order valence-electron chi connectivity index (χ3n) is 1.70. The Bertz CT molecular complexity index is 295. The summed E-state index contributed by atoms with van der Waals surface area (Å²) in [6.07, 6.45) is 2.22. The van der Waals surface area contributed by atoms with E-state index in [1.165, 1.54) is 0 Å². The number of nitrogens with two attached hydrogens (primary N) is 1. The minimum absolute atomic E-state index is 0.436. The first kappa shape index (κ1) is 10.7. The van der Waals surface area contributed by atoms with Gasteiger partial charge in [-0.2, -0.15) is 4.98 Å². The lowest BCUT2D eigenvalue weighted by atomic mass is 10.1. The third-order valence-corrected chi connectivity index (χ3v) is 1.70. The lowest BCUT2D eigenvalue weighted by Gasteiger charge is -2.16. The molecule has 78 valence electrons. The van der Waals surface area contributed by atoms with Crippen LogP contribution in [0, 0.1) is 0 Å². The molecule has 0 fully saturated rings. The minimum atomic E-state index is -0.673. The quantitative estimate of drug-likeness (QED) is 0.657. The number of nitrogens with zero attached hydrogens (tertiary/aromatic N) is 2. The highest BCUT2D eigenvalue weighted by atomic mass is 16.3. The van der Waals surface area contributed by atoms with Gasteiger partial charge in [0.1, 0.15) is 5.82 Å². The van der Waals surface area contributed by atoms with Crippen LogP contribution >= 0.6 is 0 Å². The molecular formula is C9H16N4O. The maximum absolute atomic E-state index is 9.44. The van der Waals surface area contributed by atoms with Crippen LogP contribution in [0.25, 0.3) is 0 Å². The zero-order valence-corrected chi connectivity index (χ0v) is 8.49. The second kappa shape index (κ2) is 4.23. The molecule has 1 rings (SSSR count). The van der Waals surface area contributed by atoms with Gasteiger partial charge in [-0.25, -0.2) is 4.98 Å². The highest BCUT2D eigenvalue weighted by molar-refractivity contribution is 5.34. The van der Waals surface area contributed by atoms with Crippen LogP contribution < -0.4 is 11.1 Å². The van der Waals surface area contributed by atoms with Crippen molar-refractivity contribution in [3.8, 4) is 0 Å². The lowest BCUT2D eigenvalue weighted by Crippen LogP contribution is -2.23. The number of hydrogen-bond donors (Lipinski definition) is 3. The van der Waals surface area contributed by atoms with E-state index in [4.69, 9.17) is 5.73 Å². The molecule has 1 heterocycles. The monoisotopic (exact) mass is 196 g/mol. The van der Waals surface area contributed by atoms with Crippen molar-refractivity contribution in [2.75, 3.05) is 17.6 Å². The van der Waals surface area contributed by atoms with Crippen molar-refractivity contribution < 1.29 is 5.11 Å². The highest BCUT2D eigenvalue weighted by Crippen LogP contribution is 2.07. The summed E-state index contributed by atoms with van der Waals surface area (Å²) in [7, 11) is 0. The average molecular weight is 196 g/mol. The van der Waals surface area contributed by atoms with Crippen LogP contribution in [0.2, 0.25) is 0 Å². The van der Waals surface area contributed by atoms with E-state index in [1.807, 2.05) is 0 Å². The van der Waals surface area contributed by atoms with Crippen molar-refractivity contribution in [3.63, 3.8) is 0 Å². The first-order valence-corrected chi connectivity index (χ1v) is 4.52. The molecule has 1 aromatic rings. The van der Waals surface area contributed by atoms with Crippen LogP contribution in [0.4, 0.5) is 11.8 Å². The van der Waals surface area contributed by atoms with Crippen molar-refractivity contribution in [1.29, 1.82) is 0 Å². The van der Waals surface area contributed by atoms with Crippen LogP contribution in [0.3, 0.4) is 0 Å². The molecule has 0 aliphatic carbocycles. The summed E-state index contributed by atoms with van der Waals surface area (Å²) in [5.74, 6) is 0.931. The molecule has 0 radical (unpaired) electrons. The molecule has 0 aliphatic rings. The third kappa shape index (κ3) is 4.04. The molecule has 5 heteroatoms. The minimum Gasteiger partial charge on any atom is -0.390 e. The zero-order chi connectivity index (χ0) is 10.6. The van der Waals surface area contributed by atoms with Gasteiger partial charge in [0.2, 0.25) is 5.95 Å². The molecular weight excluding hydrogens is 180 g/mol. The normalized spacial score (nSPS) is 11.4. The summed E-state index contributed by atoms with van der Waals surface area (Å²) in [5.41, 5.74) is 4.80. The van der Waals surface area contributed by atoms with Gasteiger partial charge in [-0.05, 0) is 26.3 Å². The smallest absolute Gasteiger partial charge is 0.224 e. The molecule has 0 saturated carbocycles. The van der Waals surface area contributed by atoms with Crippen molar-refractivity contribution in [2.45, 2.75) is 25.9 Å². The maximum Gasteiger partial charge on any atom is 0.224 e. The van der Waals surface area contributed by atoms with Gasteiger partial charge in [0.25, 0.3) is 0 Å². The molecule has 1 aromatic heterocycles. The van der Waals surface area contributed by atoms with Crippen LogP contribution in [0.15, 0.2) is 12.3 Å².